The van der Waals surface area contributed by atoms with Gasteiger partial charge < -0.3 is 4.55 Å². The molecule has 1 unspecified atom stereocenters. The summed E-state index contributed by atoms with van der Waals surface area (Å²) < 4.78 is 42.0. The van der Waals surface area contributed by atoms with E-state index in [1.54, 1.807) is 0 Å². The predicted octanol–water partition coefficient (Wildman–Crippen LogP) is -1.63. The van der Waals surface area contributed by atoms with Gasteiger partial charge in [0.25, 0.3) is 0 Å². The van der Waals surface area contributed by atoms with E-state index in [1.807, 2.05) is 4.72 Å². The first kappa shape index (κ1) is 9.02. The van der Waals surface area contributed by atoms with Crippen molar-refractivity contribution in [2.24, 2.45) is 0 Å². The van der Waals surface area contributed by atoms with Crippen LogP contribution in [0.4, 0.5) is 0 Å². The fourth-order valence-corrected chi connectivity index (χ4v) is 1.67. The summed E-state index contributed by atoms with van der Waals surface area (Å²) in [6.07, 6.45) is 0. The molecule has 0 aliphatic carbocycles. The van der Waals surface area contributed by atoms with Crippen molar-refractivity contribution < 1.29 is 17.2 Å². The van der Waals surface area contributed by atoms with E-state index in [0.717, 1.165) is 7.05 Å². The van der Waals surface area contributed by atoms with Crippen molar-refractivity contribution in [2.45, 2.75) is 0 Å². The molecule has 0 heterocycles. The molecule has 0 aliphatic heterocycles. The molecule has 0 fully saturated rings. The second-order valence-corrected chi connectivity index (χ2v) is 4.43. The van der Waals surface area contributed by atoms with Crippen LogP contribution in [0.5, 0.6) is 0 Å². The summed E-state index contributed by atoms with van der Waals surface area (Å²) >= 11 is -2.54. The summed E-state index contributed by atoms with van der Waals surface area (Å²) in [5.41, 5.74) is 0. The maximum absolute atomic E-state index is 10.3. The highest BCUT2D eigenvalue weighted by Crippen LogP contribution is 1.83. The molecule has 0 aromatic heterocycles. The summed E-state index contributed by atoms with van der Waals surface area (Å²) in [5, 5.41) is -0.872. The van der Waals surface area contributed by atoms with Gasteiger partial charge in [-0.05, 0) is 18.1 Å². The van der Waals surface area contributed by atoms with Crippen LogP contribution >= 0.6 is 0 Å². The molecule has 5 nitrogen and oxygen atoms in total. The van der Waals surface area contributed by atoms with Gasteiger partial charge in [0, 0.05) is 0 Å². The first-order chi connectivity index (χ1) is 3.98. The van der Waals surface area contributed by atoms with Crippen LogP contribution in [0.3, 0.4) is 0 Å². The molecule has 1 atom stereocenters. The Labute approximate surface area is 55.8 Å². The molecule has 0 radical (unpaired) electrons. The van der Waals surface area contributed by atoms with Gasteiger partial charge in [-0.15, -0.1) is 0 Å². The van der Waals surface area contributed by atoms with Crippen LogP contribution in [0.2, 0.25) is 0 Å². The largest absolute Gasteiger partial charge is 0.772 e. The Morgan fingerprint density at radius 3 is 2.22 bits per heavy atom. The van der Waals surface area contributed by atoms with E-state index in [1.165, 1.54) is 0 Å². The molecule has 0 aromatic carbocycles. The molecule has 0 amide bonds. The van der Waals surface area contributed by atoms with Gasteiger partial charge in [0.2, 0.25) is 10.0 Å². The summed E-state index contributed by atoms with van der Waals surface area (Å²) in [7, 11) is -2.43. The van der Waals surface area contributed by atoms with Crippen LogP contribution < -0.4 is 4.72 Å². The maximum atomic E-state index is 10.3. The SMILES string of the molecule is CNS(=O)(=O)CS(=O)[O-]. The van der Waals surface area contributed by atoms with Crippen LogP contribution in [0, 0.1) is 0 Å². The Bertz CT molecular complexity index is 195. The van der Waals surface area contributed by atoms with Gasteiger partial charge in [0.1, 0.15) is 5.08 Å². The van der Waals surface area contributed by atoms with Gasteiger partial charge >= 0.3 is 0 Å². The topological polar surface area (TPSA) is 86.3 Å². The third-order valence-electron chi connectivity index (χ3n) is 0.562. The molecule has 0 rings (SSSR count). The molecular weight excluding hydrogens is 166 g/mol. The van der Waals surface area contributed by atoms with Gasteiger partial charge in [0.15, 0.2) is 0 Å². The number of nitrogens with one attached hydrogen (secondary N) is 1. The first-order valence-electron chi connectivity index (χ1n) is 1.95. The lowest BCUT2D eigenvalue weighted by molar-refractivity contribution is 0.539. The van der Waals surface area contributed by atoms with E-state index in [2.05, 4.69) is 0 Å². The average molecular weight is 172 g/mol. The minimum Gasteiger partial charge on any atom is -0.772 e. The molecule has 0 aromatic rings. The number of hydrogen-bond acceptors (Lipinski definition) is 4. The lowest BCUT2D eigenvalue weighted by atomic mass is 11.6. The van der Waals surface area contributed by atoms with E-state index < -0.39 is 26.2 Å². The third kappa shape index (κ3) is 4.52. The van der Waals surface area contributed by atoms with E-state index in [-0.39, 0.29) is 0 Å². The quantitative estimate of drug-likeness (QED) is 0.518. The molecule has 0 saturated heterocycles. The fourth-order valence-electron chi connectivity index (χ4n) is 0.186. The number of rotatable bonds is 3. The highest BCUT2D eigenvalue weighted by Gasteiger charge is 2.04. The monoisotopic (exact) mass is 172 g/mol. The predicted molar refractivity (Wildman–Crippen MR) is 31.8 cm³/mol. The molecule has 7 heteroatoms. The molecule has 9 heavy (non-hydrogen) atoms. The lowest BCUT2D eigenvalue weighted by Gasteiger charge is -2.03. The molecular formula is C2H6NO4S2-. The zero-order chi connectivity index (χ0) is 7.49. The second-order valence-electron chi connectivity index (χ2n) is 1.24. The van der Waals surface area contributed by atoms with Crippen LogP contribution in [-0.2, 0) is 21.1 Å². The van der Waals surface area contributed by atoms with Crippen molar-refractivity contribution in [1.82, 2.24) is 4.72 Å². The molecule has 1 N–H and O–H groups in total. The Morgan fingerprint density at radius 2 is 2.11 bits per heavy atom. The Kier molecular flexibility index (Phi) is 3.26. The standard InChI is InChI=1S/C2H7NO4S2/c1-3-9(6,7)2-8(4)5/h3H,2H2,1H3,(H,4,5)/p-1. The normalized spacial score (nSPS) is 15.3. The van der Waals surface area contributed by atoms with E-state index in [9.17, 15) is 17.2 Å². The van der Waals surface area contributed by atoms with Gasteiger partial charge in [-0.1, -0.05) is 0 Å². The maximum Gasteiger partial charge on any atom is 0.222 e. The van der Waals surface area contributed by atoms with E-state index in [0.29, 0.717) is 0 Å². The summed E-state index contributed by atoms with van der Waals surface area (Å²) in [5.74, 6) is 0. The number of sulfonamides is 1. The molecule has 0 saturated carbocycles. The van der Waals surface area contributed by atoms with Crippen molar-refractivity contribution in [3.05, 3.63) is 0 Å². The van der Waals surface area contributed by atoms with Crippen molar-refractivity contribution in [3.8, 4) is 0 Å². The first-order valence-corrected chi connectivity index (χ1v) is 4.84. The van der Waals surface area contributed by atoms with Crippen LogP contribution in [-0.4, -0.2) is 29.3 Å². The van der Waals surface area contributed by atoms with Crippen molar-refractivity contribution in [1.29, 1.82) is 0 Å². The lowest BCUT2D eigenvalue weighted by Crippen LogP contribution is -2.24. The average Bonchev–Trinajstić information content (AvgIpc) is 1.63. The summed E-state index contributed by atoms with van der Waals surface area (Å²) in [6, 6.07) is 0. The zero-order valence-electron chi connectivity index (χ0n) is 4.66. The van der Waals surface area contributed by atoms with Crippen molar-refractivity contribution in [3.63, 3.8) is 0 Å². The van der Waals surface area contributed by atoms with Crippen molar-refractivity contribution >= 4 is 21.1 Å². The zero-order valence-corrected chi connectivity index (χ0v) is 6.29. The fraction of sp³-hybridized carbons (Fsp3) is 1.00. The highest BCUT2D eigenvalue weighted by molar-refractivity contribution is 8.02. The third-order valence-corrected chi connectivity index (χ3v) is 3.20. The van der Waals surface area contributed by atoms with Crippen LogP contribution in [0.25, 0.3) is 0 Å². The van der Waals surface area contributed by atoms with Crippen LogP contribution in [0.15, 0.2) is 0 Å². The minimum absolute atomic E-state index is 0.872. The molecule has 0 spiro atoms. The second kappa shape index (κ2) is 3.25. The molecule has 0 bridgehead atoms. The Hall–Kier alpha value is 0.0200. The summed E-state index contributed by atoms with van der Waals surface area (Å²) in [4.78, 5) is 0. The highest BCUT2D eigenvalue weighted by atomic mass is 32.3. The van der Waals surface area contributed by atoms with Crippen molar-refractivity contribution in [2.75, 3.05) is 12.1 Å². The van der Waals surface area contributed by atoms with Gasteiger partial charge in [0.05, 0.1) is 0 Å². The smallest absolute Gasteiger partial charge is 0.222 e. The number of hydrogen-bond donors (Lipinski definition) is 1. The van der Waals surface area contributed by atoms with Gasteiger partial charge in [-0.25, -0.2) is 13.1 Å². The van der Waals surface area contributed by atoms with E-state index in [4.69, 9.17) is 0 Å². The van der Waals surface area contributed by atoms with Gasteiger partial charge in [-0.2, -0.15) is 0 Å². The molecule has 56 valence electrons. The minimum atomic E-state index is -3.58. The molecule has 0 aliphatic rings. The van der Waals surface area contributed by atoms with Gasteiger partial charge in [-0.3, -0.25) is 4.21 Å². The summed E-state index contributed by atoms with van der Waals surface area (Å²) in [6.45, 7) is 0. The van der Waals surface area contributed by atoms with E-state index >= 15 is 0 Å². The Balaban J connectivity index is 4.06. The van der Waals surface area contributed by atoms with Crippen LogP contribution in [0.1, 0.15) is 0 Å². The Morgan fingerprint density at radius 1 is 1.67 bits per heavy atom.